The molecule has 1 aromatic heterocycles. The Morgan fingerprint density at radius 1 is 1.67 bits per heavy atom. The van der Waals surface area contributed by atoms with Gasteiger partial charge in [0.1, 0.15) is 5.69 Å². The van der Waals surface area contributed by atoms with E-state index in [2.05, 4.69) is 9.84 Å². The minimum atomic E-state index is -4.71. The zero-order chi connectivity index (χ0) is 11.6. The number of rotatable bonds is 2. The van der Waals surface area contributed by atoms with Crippen molar-refractivity contribution >= 4 is 5.97 Å². The molecule has 0 aliphatic heterocycles. The summed E-state index contributed by atoms with van der Waals surface area (Å²) in [4.78, 5) is 10.8. The predicted octanol–water partition coefficient (Wildman–Crippen LogP) is 0.635. The Balaban J connectivity index is 3.05. The number of nitrogens with zero attached hydrogens (tertiary/aromatic N) is 1. The molecule has 1 rings (SSSR count). The van der Waals surface area contributed by atoms with Crippen molar-refractivity contribution in [2.45, 2.75) is 12.3 Å². The van der Waals surface area contributed by atoms with E-state index in [0.29, 0.717) is 0 Å². The summed E-state index contributed by atoms with van der Waals surface area (Å²) in [5, 5.41) is 14.0. The highest BCUT2D eigenvalue weighted by molar-refractivity contribution is 5.76. The van der Waals surface area contributed by atoms with E-state index in [-0.39, 0.29) is 0 Å². The molecule has 0 aromatic carbocycles. The Morgan fingerprint density at radius 2 is 2.27 bits per heavy atom. The molecule has 0 saturated carbocycles. The number of aromatic nitrogens is 2. The van der Waals surface area contributed by atoms with E-state index in [1.54, 1.807) is 5.10 Å². The lowest BCUT2D eigenvalue weighted by molar-refractivity contribution is -0.153. The first-order valence-electron chi connectivity index (χ1n) is 3.74. The fraction of sp³-hybridized carbons (Fsp3) is 0.429. The van der Waals surface area contributed by atoms with Crippen molar-refractivity contribution in [2.24, 2.45) is 0 Å². The molecule has 1 atom stereocenters. The molecule has 1 heterocycles. The van der Waals surface area contributed by atoms with Crippen LogP contribution in [0.25, 0.3) is 0 Å². The van der Waals surface area contributed by atoms with Crippen molar-refractivity contribution in [1.29, 1.82) is 0 Å². The molecule has 84 valence electrons. The van der Waals surface area contributed by atoms with Crippen LogP contribution in [-0.4, -0.2) is 28.4 Å². The first kappa shape index (κ1) is 11.5. The summed E-state index contributed by atoms with van der Waals surface area (Å²) >= 11 is 0. The lowest BCUT2D eigenvalue weighted by Gasteiger charge is -2.10. The minimum Gasteiger partial charge on any atom is -0.467 e. The molecule has 0 bridgehead atoms. The fourth-order valence-electron chi connectivity index (χ4n) is 0.968. The highest BCUT2D eigenvalue weighted by Crippen LogP contribution is 2.32. The number of aliphatic hydroxyl groups is 1. The third kappa shape index (κ3) is 2.27. The molecule has 2 N–H and O–H groups in total. The van der Waals surface area contributed by atoms with E-state index in [4.69, 9.17) is 0 Å². The quantitative estimate of drug-likeness (QED) is 0.722. The molecular weight excluding hydrogens is 217 g/mol. The number of ether oxygens (including phenoxy) is 1. The van der Waals surface area contributed by atoms with Gasteiger partial charge in [0.05, 0.1) is 13.3 Å². The average Bonchev–Trinajstić information content (AvgIpc) is 2.63. The zero-order valence-corrected chi connectivity index (χ0v) is 7.50. The molecule has 0 aliphatic carbocycles. The predicted molar refractivity (Wildman–Crippen MR) is 40.6 cm³/mol. The SMILES string of the molecule is COC(=O)C(O)c1cn[nH]c1C(F)(F)F. The van der Waals surface area contributed by atoms with Crippen LogP contribution >= 0.6 is 0 Å². The molecule has 1 unspecified atom stereocenters. The number of methoxy groups -OCH3 is 1. The highest BCUT2D eigenvalue weighted by Gasteiger charge is 2.39. The number of halogens is 3. The molecule has 0 fully saturated rings. The van der Waals surface area contributed by atoms with Crippen LogP contribution in [-0.2, 0) is 15.7 Å². The topological polar surface area (TPSA) is 75.2 Å². The van der Waals surface area contributed by atoms with Gasteiger partial charge in [0.15, 0.2) is 6.10 Å². The Labute approximate surface area is 81.9 Å². The van der Waals surface area contributed by atoms with Crippen LogP contribution in [0.4, 0.5) is 13.2 Å². The second-order valence-electron chi connectivity index (χ2n) is 2.62. The Morgan fingerprint density at radius 3 is 2.73 bits per heavy atom. The summed E-state index contributed by atoms with van der Waals surface area (Å²) in [7, 11) is 0.957. The second kappa shape index (κ2) is 3.89. The molecule has 0 spiro atoms. The van der Waals surface area contributed by atoms with E-state index in [1.807, 2.05) is 0 Å². The summed E-state index contributed by atoms with van der Waals surface area (Å²) in [6, 6.07) is 0. The van der Waals surface area contributed by atoms with Crippen LogP contribution < -0.4 is 0 Å². The van der Waals surface area contributed by atoms with Crippen LogP contribution in [0.2, 0.25) is 0 Å². The van der Waals surface area contributed by atoms with Crippen molar-refractivity contribution < 1.29 is 27.8 Å². The summed E-state index contributed by atoms with van der Waals surface area (Å²) in [5.41, 5.74) is -1.92. The van der Waals surface area contributed by atoms with Crippen molar-refractivity contribution in [3.63, 3.8) is 0 Å². The number of alkyl halides is 3. The highest BCUT2D eigenvalue weighted by atomic mass is 19.4. The Kier molecular flexibility index (Phi) is 2.98. The van der Waals surface area contributed by atoms with Gasteiger partial charge in [-0.1, -0.05) is 0 Å². The largest absolute Gasteiger partial charge is 0.467 e. The lowest BCUT2D eigenvalue weighted by atomic mass is 10.1. The number of H-pyrrole nitrogens is 1. The van der Waals surface area contributed by atoms with Crippen LogP contribution in [0.5, 0.6) is 0 Å². The maximum atomic E-state index is 12.3. The zero-order valence-electron chi connectivity index (χ0n) is 7.50. The van der Waals surface area contributed by atoms with Gasteiger partial charge in [-0.3, -0.25) is 5.10 Å². The monoisotopic (exact) mass is 224 g/mol. The van der Waals surface area contributed by atoms with Gasteiger partial charge in [-0.2, -0.15) is 18.3 Å². The molecule has 0 aliphatic rings. The van der Waals surface area contributed by atoms with E-state index in [0.717, 1.165) is 13.3 Å². The molecule has 0 saturated heterocycles. The van der Waals surface area contributed by atoms with E-state index in [9.17, 15) is 23.1 Å². The van der Waals surface area contributed by atoms with Gasteiger partial charge >= 0.3 is 12.1 Å². The third-order valence-electron chi connectivity index (χ3n) is 1.67. The van der Waals surface area contributed by atoms with Crippen LogP contribution in [0.3, 0.4) is 0 Å². The number of aliphatic hydroxyl groups excluding tert-OH is 1. The standard InChI is InChI=1S/C7H7F3N2O3/c1-15-6(14)4(13)3-2-11-12-5(3)7(8,9)10/h2,4,13H,1H3,(H,11,12). The number of hydrogen-bond donors (Lipinski definition) is 2. The van der Waals surface area contributed by atoms with Crippen molar-refractivity contribution in [3.8, 4) is 0 Å². The Hall–Kier alpha value is -1.57. The van der Waals surface area contributed by atoms with E-state index >= 15 is 0 Å². The lowest BCUT2D eigenvalue weighted by Crippen LogP contribution is -2.18. The second-order valence-corrected chi connectivity index (χ2v) is 2.62. The first-order chi connectivity index (χ1) is 6.88. The number of nitrogens with one attached hydrogen (secondary N) is 1. The average molecular weight is 224 g/mol. The third-order valence-corrected chi connectivity index (χ3v) is 1.67. The molecule has 5 nitrogen and oxygen atoms in total. The number of hydrogen-bond acceptors (Lipinski definition) is 4. The van der Waals surface area contributed by atoms with Gasteiger partial charge in [-0.05, 0) is 0 Å². The van der Waals surface area contributed by atoms with E-state index in [1.165, 1.54) is 0 Å². The first-order valence-corrected chi connectivity index (χ1v) is 3.74. The van der Waals surface area contributed by atoms with E-state index < -0.39 is 29.5 Å². The molecule has 0 radical (unpaired) electrons. The van der Waals surface area contributed by atoms with Gasteiger partial charge in [0, 0.05) is 5.56 Å². The summed E-state index contributed by atoms with van der Waals surface area (Å²) in [5.74, 6) is -1.18. The van der Waals surface area contributed by atoms with Crippen molar-refractivity contribution in [1.82, 2.24) is 10.2 Å². The van der Waals surface area contributed by atoms with Crippen LogP contribution in [0.15, 0.2) is 6.20 Å². The van der Waals surface area contributed by atoms with Crippen LogP contribution in [0, 0.1) is 0 Å². The molecular formula is C7H7F3N2O3. The Bertz CT molecular complexity index is 361. The molecule has 8 heteroatoms. The normalized spacial score (nSPS) is 13.7. The number of carbonyl (C=O) groups is 1. The number of aromatic amines is 1. The maximum absolute atomic E-state index is 12.3. The summed E-state index contributed by atoms with van der Waals surface area (Å²) in [6.07, 6.45) is -5.98. The summed E-state index contributed by atoms with van der Waals surface area (Å²) in [6.45, 7) is 0. The number of carbonyl (C=O) groups excluding carboxylic acids is 1. The van der Waals surface area contributed by atoms with Crippen LogP contribution in [0.1, 0.15) is 17.4 Å². The van der Waals surface area contributed by atoms with Gasteiger partial charge in [-0.15, -0.1) is 0 Å². The van der Waals surface area contributed by atoms with Crippen molar-refractivity contribution in [2.75, 3.05) is 7.11 Å². The van der Waals surface area contributed by atoms with Gasteiger partial charge < -0.3 is 9.84 Å². The molecule has 1 aromatic rings. The maximum Gasteiger partial charge on any atom is 0.433 e. The smallest absolute Gasteiger partial charge is 0.433 e. The fourth-order valence-corrected chi connectivity index (χ4v) is 0.968. The van der Waals surface area contributed by atoms with Gasteiger partial charge in [0.2, 0.25) is 0 Å². The molecule has 15 heavy (non-hydrogen) atoms. The van der Waals surface area contributed by atoms with Gasteiger partial charge in [-0.25, -0.2) is 4.79 Å². The summed E-state index contributed by atoms with van der Waals surface area (Å²) < 4.78 is 40.9. The van der Waals surface area contributed by atoms with Gasteiger partial charge in [0.25, 0.3) is 0 Å². The van der Waals surface area contributed by atoms with Crippen molar-refractivity contribution in [3.05, 3.63) is 17.5 Å². The molecule has 0 amide bonds. The minimum absolute atomic E-state index is 0.658. The number of esters is 1.